The first-order valence-electron chi connectivity index (χ1n) is 4.94. The zero-order valence-corrected chi connectivity index (χ0v) is 10.0. The van der Waals surface area contributed by atoms with E-state index in [9.17, 15) is 0 Å². The fraction of sp³-hybridized carbons (Fsp3) is 0.273. The first kappa shape index (κ1) is 11.4. The van der Waals surface area contributed by atoms with Crippen LogP contribution in [0.1, 0.15) is 12.3 Å². The normalized spacial score (nSPS) is 10.6. The van der Waals surface area contributed by atoms with Gasteiger partial charge in [-0.25, -0.2) is 0 Å². The summed E-state index contributed by atoms with van der Waals surface area (Å²) in [6.07, 6.45) is 1.55. The molecule has 3 nitrogen and oxygen atoms in total. The lowest BCUT2D eigenvalue weighted by Crippen LogP contribution is -1.86. The van der Waals surface area contributed by atoms with E-state index in [1.165, 1.54) is 0 Å². The molecule has 2 aromatic rings. The summed E-state index contributed by atoms with van der Waals surface area (Å²) in [7, 11) is 0. The van der Waals surface area contributed by atoms with Crippen LogP contribution in [-0.2, 0) is 6.42 Å². The molecular formula is C11H10Cl2N2O. The van der Waals surface area contributed by atoms with Crippen LogP contribution < -0.4 is 0 Å². The Kier molecular flexibility index (Phi) is 3.80. The molecule has 1 heterocycles. The molecule has 0 amide bonds. The highest BCUT2D eigenvalue weighted by Gasteiger charge is 2.07. The van der Waals surface area contributed by atoms with Crippen molar-refractivity contribution in [2.45, 2.75) is 12.8 Å². The van der Waals surface area contributed by atoms with E-state index in [1.54, 1.807) is 12.1 Å². The van der Waals surface area contributed by atoms with Gasteiger partial charge in [0.05, 0.1) is 0 Å². The minimum atomic E-state index is 0.584. The molecule has 0 bridgehead atoms. The summed E-state index contributed by atoms with van der Waals surface area (Å²) in [6, 6.07) is 7.31. The highest BCUT2D eigenvalue weighted by atomic mass is 35.5. The van der Waals surface area contributed by atoms with Gasteiger partial charge < -0.3 is 4.52 Å². The Morgan fingerprint density at radius 1 is 1.19 bits per heavy atom. The van der Waals surface area contributed by atoms with Gasteiger partial charge in [-0.3, -0.25) is 0 Å². The quantitative estimate of drug-likeness (QED) is 0.786. The van der Waals surface area contributed by atoms with Crippen molar-refractivity contribution in [1.82, 2.24) is 10.1 Å². The van der Waals surface area contributed by atoms with Crippen LogP contribution >= 0.6 is 23.2 Å². The second-order valence-electron chi connectivity index (χ2n) is 3.31. The molecule has 5 heteroatoms. The second-order valence-corrected chi connectivity index (χ2v) is 4.13. The van der Waals surface area contributed by atoms with Crippen LogP contribution in [-0.4, -0.2) is 16.0 Å². The fourth-order valence-corrected chi connectivity index (χ4v) is 1.55. The van der Waals surface area contributed by atoms with E-state index in [2.05, 4.69) is 10.1 Å². The molecule has 0 saturated heterocycles. The lowest BCUT2D eigenvalue weighted by atomic mass is 10.2. The third-order valence-electron chi connectivity index (χ3n) is 2.09. The molecule has 0 N–H and O–H groups in total. The summed E-state index contributed by atoms with van der Waals surface area (Å²) < 4.78 is 5.10. The Hall–Kier alpha value is -1.06. The molecule has 0 fully saturated rings. The second kappa shape index (κ2) is 5.32. The zero-order chi connectivity index (χ0) is 11.4. The fourth-order valence-electron chi connectivity index (χ4n) is 1.29. The predicted octanol–water partition coefficient (Wildman–Crippen LogP) is 3.56. The highest BCUT2D eigenvalue weighted by molar-refractivity contribution is 6.30. The van der Waals surface area contributed by atoms with E-state index in [-0.39, 0.29) is 0 Å². The lowest BCUT2D eigenvalue weighted by molar-refractivity contribution is 0.378. The summed E-state index contributed by atoms with van der Waals surface area (Å²) in [6.45, 7) is 0. The third kappa shape index (κ3) is 2.74. The van der Waals surface area contributed by atoms with E-state index in [0.717, 1.165) is 12.0 Å². The van der Waals surface area contributed by atoms with Crippen molar-refractivity contribution in [2.24, 2.45) is 0 Å². The van der Waals surface area contributed by atoms with Gasteiger partial charge in [0.25, 0.3) is 0 Å². The maximum atomic E-state index is 5.79. The number of nitrogens with zero attached hydrogens (tertiary/aromatic N) is 2. The van der Waals surface area contributed by atoms with E-state index in [1.807, 2.05) is 12.1 Å². The van der Waals surface area contributed by atoms with Crippen LogP contribution in [0.5, 0.6) is 0 Å². The number of rotatable bonds is 4. The molecular weight excluding hydrogens is 247 g/mol. The van der Waals surface area contributed by atoms with E-state index in [4.69, 9.17) is 27.7 Å². The minimum Gasteiger partial charge on any atom is -0.339 e. The number of hydrogen-bond acceptors (Lipinski definition) is 3. The van der Waals surface area contributed by atoms with Crippen molar-refractivity contribution < 1.29 is 4.52 Å². The standard InChI is InChI=1S/C11H10Cl2N2O/c12-7-1-2-10-14-11(15-16-10)8-3-5-9(13)6-4-8/h3-6H,1-2,7H2. The Balaban J connectivity index is 2.15. The van der Waals surface area contributed by atoms with E-state index in [0.29, 0.717) is 29.0 Å². The number of aryl methyl sites for hydroxylation is 1. The molecule has 0 aliphatic heterocycles. The third-order valence-corrected chi connectivity index (χ3v) is 2.61. The Morgan fingerprint density at radius 2 is 1.94 bits per heavy atom. The van der Waals surface area contributed by atoms with E-state index < -0.39 is 0 Å². The minimum absolute atomic E-state index is 0.584. The molecule has 0 radical (unpaired) electrons. The number of hydrogen-bond donors (Lipinski definition) is 0. The number of halogens is 2. The summed E-state index contributed by atoms with van der Waals surface area (Å²) in [5, 5.41) is 4.59. The molecule has 0 aliphatic carbocycles. The summed E-state index contributed by atoms with van der Waals surface area (Å²) >= 11 is 11.4. The molecule has 1 aromatic heterocycles. The molecule has 2 rings (SSSR count). The lowest BCUT2D eigenvalue weighted by Gasteiger charge is -1.93. The smallest absolute Gasteiger partial charge is 0.227 e. The van der Waals surface area contributed by atoms with Crippen LogP contribution in [0.2, 0.25) is 5.02 Å². The summed E-state index contributed by atoms with van der Waals surface area (Å²) in [5.74, 6) is 1.80. The van der Waals surface area contributed by atoms with E-state index >= 15 is 0 Å². The van der Waals surface area contributed by atoms with Gasteiger partial charge in [-0.15, -0.1) is 11.6 Å². The maximum absolute atomic E-state index is 5.79. The summed E-state index contributed by atoms with van der Waals surface area (Å²) in [5.41, 5.74) is 0.894. The molecule has 0 spiro atoms. The van der Waals surface area contributed by atoms with Gasteiger partial charge in [-0.2, -0.15) is 4.98 Å². The molecule has 0 saturated carbocycles. The van der Waals surface area contributed by atoms with Crippen molar-refractivity contribution in [1.29, 1.82) is 0 Å². The highest BCUT2D eigenvalue weighted by Crippen LogP contribution is 2.18. The van der Waals surface area contributed by atoms with Crippen molar-refractivity contribution >= 4 is 23.2 Å². The summed E-state index contributed by atoms with van der Waals surface area (Å²) in [4.78, 5) is 4.27. The van der Waals surface area contributed by atoms with Crippen LogP contribution in [0.3, 0.4) is 0 Å². The van der Waals surface area contributed by atoms with Gasteiger partial charge in [0, 0.05) is 22.9 Å². The molecule has 0 unspecified atom stereocenters. The Bertz CT molecular complexity index is 453. The zero-order valence-electron chi connectivity index (χ0n) is 8.49. The first-order valence-corrected chi connectivity index (χ1v) is 5.85. The van der Waals surface area contributed by atoms with Crippen LogP contribution in [0, 0.1) is 0 Å². The largest absolute Gasteiger partial charge is 0.339 e. The van der Waals surface area contributed by atoms with Crippen molar-refractivity contribution in [3.8, 4) is 11.4 Å². The van der Waals surface area contributed by atoms with Gasteiger partial charge in [0.15, 0.2) is 0 Å². The molecule has 16 heavy (non-hydrogen) atoms. The van der Waals surface area contributed by atoms with Crippen LogP contribution in [0.25, 0.3) is 11.4 Å². The van der Waals surface area contributed by atoms with Gasteiger partial charge in [0.1, 0.15) is 0 Å². The SMILES string of the molecule is ClCCCc1nc(-c2ccc(Cl)cc2)no1. The van der Waals surface area contributed by atoms with Crippen molar-refractivity contribution in [3.63, 3.8) is 0 Å². The molecule has 1 aromatic carbocycles. The average Bonchev–Trinajstić information content (AvgIpc) is 2.76. The van der Waals surface area contributed by atoms with Gasteiger partial charge in [-0.05, 0) is 30.7 Å². The Labute approximate surface area is 103 Å². The monoisotopic (exact) mass is 256 g/mol. The Morgan fingerprint density at radius 3 is 2.62 bits per heavy atom. The molecule has 0 atom stereocenters. The van der Waals surface area contributed by atoms with Crippen LogP contribution in [0.15, 0.2) is 28.8 Å². The topological polar surface area (TPSA) is 38.9 Å². The van der Waals surface area contributed by atoms with Gasteiger partial charge in [-0.1, -0.05) is 16.8 Å². The van der Waals surface area contributed by atoms with Crippen molar-refractivity contribution in [2.75, 3.05) is 5.88 Å². The molecule has 0 aliphatic rings. The van der Waals surface area contributed by atoms with Gasteiger partial charge >= 0.3 is 0 Å². The average molecular weight is 257 g/mol. The van der Waals surface area contributed by atoms with Crippen molar-refractivity contribution in [3.05, 3.63) is 35.2 Å². The van der Waals surface area contributed by atoms with Crippen LogP contribution in [0.4, 0.5) is 0 Å². The number of aromatic nitrogens is 2. The van der Waals surface area contributed by atoms with Gasteiger partial charge in [0.2, 0.25) is 11.7 Å². The first-order chi connectivity index (χ1) is 7.79. The number of benzene rings is 1. The predicted molar refractivity (Wildman–Crippen MR) is 63.8 cm³/mol. The molecule has 84 valence electrons. The number of alkyl halides is 1. The maximum Gasteiger partial charge on any atom is 0.227 e.